The highest BCUT2D eigenvalue weighted by Gasteiger charge is 2.16. The molecule has 0 aromatic heterocycles. The summed E-state index contributed by atoms with van der Waals surface area (Å²) in [7, 11) is 0. The summed E-state index contributed by atoms with van der Waals surface area (Å²) < 4.78 is 31.5. The molecule has 0 amide bonds. The quantitative estimate of drug-likeness (QED) is 0.895. The number of halogens is 2. The van der Waals surface area contributed by atoms with Gasteiger partial charge in [-0.15, -0.1) is 0 Å². The predicted molar refractivity (Wildman–Crippen MR) is 66.1 cm³/mol. The monoisotopic (exact) mass is 255 g/mol. The minimum atomic E-state index is -0.836. The maximum Gasteiger partial charge on any atom is 0.159 e. The lowest BCUT2D eigenvalue weighted by Crippen LogP contribution is -2.21. The molecule has 0 bridgehead atoms. The van der Waals surface area contributed by atoms with Crippen molar-refractivity contribution in [1.82, 2.24) is 0 Å². The fourth-order valence-electron chi connectivity index (χ4n) is 2.31. The molecule has 1 saturated heterocycles. The van der Waals surface area contributed by atoms with E-state index in [0.29, 0.717) is 5.56 Å². The Hall–Kier alpha value is -1.00. The van der Waals surface area contributed by atoms with Gasteiger partial charge in [-0.1, -0.05) is 6.07 Å². The third-order valence-corrected chi connectivity index (χ3v) is 3.45. The van der Waals surface area contributed by atoms with Crippen LogP contribution in [0.1, 0.15) is 43.7 Å². The molecule has 1 aliphatic rings. The van der Waals surface area contributed by atoms with E-state index in [2.05, 4.69) is 0 Å². The summed E-state index contributed by atoms with van der Waals surface area (Å²) in [6, 6.07) is 3.60. The standard InChI is InChI=1S/C14H19F2NO/c15-12-6-4-10(9-13(12)16)14(17)7-5-11-3-1-2-8-18-11/h4,6,9,11,14H,1-3,5,7-8,17H2. The smallest absolute Gasteiger partial charge is 0.159 e. The van der Waals surface area contributed by atoms with Crippen LogP contribution in [0.2, 0.25) is 0 Å². The van der Waals surface area contributed by atoms with Gasteiger partial charge in [-0.3, -0.25) is 0 Å². The first kappa shape index (κ1) is 13.4. The van der Waals surface area contributed by atoms with E-state index >= 15 is 0 Å². The maximum atomic E-state index is 13.1. The lowest BCUT2D eigenvalue weighted by atomic mass is 9.98. The summed E-state index contributed by atoms with van der Waals surface area (Å²) in [4.78, 5) is 0. The Kier molecular flexibility index (Phi) is 4.66. The number of hydrogen-bond donors (Lipinski definition) is 1. The number of rotatable bonds is 4. The van der Waals surface area contributed by atoms with Crippen molar-refractivity contribution in [3.05, 3.63) is 35.4 Å². The summed E-state index contributed by atoms with van der Waals surface area (Å²) in [5, 5.41) is 0. The fourth-order valence-corrected chi connectivity index (χ4v) is 2.31. The number of ether oxygens (including phenoxy) is 1. The van der Waals surface area contributed by atoms with Gasteiger partial charge in [-0.05, 0) is 49.8 Å². The molecule has 1 fully saturated rings. The van der Waals surface area contributed by atoms with Crippen molar-refractivity contribution >= 4 is 0 Å². The van der Waals surface area contributed by atoms with Gasteiger partial charge in [0, 0.05) is 12.6 Å². The molecule has 0 radical (unpaired) electrons. The van der Waals surface area contributed by atoms with Gasteiger partial charge in [-0.2, -0.15) is 0 Å². The topological polar surface area (TPSA) is 35.2 Å². The van der Waals surface area contributed by atoms with Gasteiger partial charge < -0.3 is 10.5 Å². The fraction of sp³-hybridized carbons (Fsp3) is 0.571. The Labute approximate surface area is 106 Å². The molecule has 0 saturated carbocycles. The number of nitrogens with two attached hydrogens (primary N) is 1. The van der Waals surface area contributed by atoms with E-state index in [0.717, 1.165) is 38.4 Å². The van der Waals surface area contributed by atoms with Crippen molar-refractivity contribution in [3.63, 3.8) is 0 Å². The van der Waals surface area contributed by atoms with Crippen molar-refractivity contribution in [2.24, 2.45) is 5.73 Å². The van der Waals surface area contributed by atoms with Crippen LogP contribution in [0.15, 0.2) is 18.2 Å². The molecule has 4 heteroatoms. The molecule has 2 rings (SSSR count). The number of benzene rings is 1. The molecule has 2 unspecified atom stereocenters. The van der Waals surface area contributed by atoms with E-state index in [-0.39, 0.29) is 12.1 Å². The van der Waals surface area contributed by atoms with Crippen molar-refractivity contribution in [2.45, 2.75) is 44.2 Å². The highest BCUT2D eigenvalue weighted by Crippen LogP contribution is 2.23. The van der Waals surface area contributed by atoms with E-state index in [4.69, 9.17) is 10.5 Å². The van der Waals surface area contributed by atoms with E-state index < -0.39 is 11.6 Å². The summed E-state index contributed by atoms with van der Waals surface area (Å²) in [6.45, 7) is 0.824. The average Bonchev–Trinajstić information content (AvgIpc) is 2.40. The second-order valence-electron chi connectivity index (χ2n) is 4.85. The van der Waals surface area contributed by atoms with Crippen molar-refractivity contribution in [2.75, 3.05) is 6.61 Å². The van der Waals surface area contributed by atoms with Gasteiger partial charge in [0.05, 0.1) is 6.10 Å². The van der Waals surface area contributed by atoms with Crippen molar-refractivity contribution in [1.29, 1.82) is 0 Å². The van der Waals surface area contributed by atoms with Gasteiger partial charge in [0.1, 0.15) is 0 Å². The van der Waals surface area contributed by atoms with Gasteiger partial charge in [0.25, 0.3) is 0 Å². The van der Waals surface area contributed by atoms with Gasteiger partial charge in [0.15, 0.2) is 11.6 Å². The largest absolute Gasteiger partial charge is 0.378 e. The first-order valence-electron chi connectivity index (χ1n) is 6.49. The minimum absolute atomic E-state index is 0.259. The predicted octanol–water partition coefficient (Wildman–Crippen LogP) is 3.31. The molecule has 1 aromatic rings. The zero-order valence-electron chi connectivity index (χ0n) is 10.4. The molecule has 1 aromatic carbocycles. The molecule has 0 spiro atoms. The average molecular weight is 255 g/mol. The Balaban J connectivity index is 1.86. The van der Waals surface area contributed by atoms with Gasteiger partial charge in [0.2, 0.25) is 0 Å². The summed E-state index contributed by atoms with van der Waals surface area (Å²) in [5.41, 5.74) is 6.63. The van der Waals surface area contributed by atoms with Gasteiger partial charge >= 0.3 is 0 Å². The van der Waals surface area contributed by atoms with Crippen molar-refractivity contribution < 1.29 is 13.5 Å². The van der Waals surface area contributed by atoms with Crippen LogP contribution in [0.25, 0.3) is 0 Å². The molecule has 18 heavy (non-hydrogen) atoms. The Morgan fingerprint density at radius 2 is 2.11 bits per heavy atom. The van der Waals surface area contributed by atoms with E-state index in [1.54, 1.807) is 6.07 Å². The minimum Gasteiger partial charge on any atom is -0.378 e. The Bertz CT molecular complexity index is 391. The zero-order valence-corrected chi connectivity index (χ0v) is 10.4. The lowest BCUT2D eigenvalue weighted by molar-refractivity contribution is 0.00912. The summed E-state index contributed by atoms with van der Waals surface area (Å²) in [5.74, 6) is -1.67. The van der Waals surface area contributed by atoms with Crippen LogP contribution in [-0.2, 0) is 4.74 Å². The van der Waals surface area contributed by atoms with Gasteiger partial charge in [-0.25, -0.2) is 8.78 Å². The van der Waals surface area contributed by atoms with Crippen LogP contribution in [0, 0.1) is 11.6 Å². The summed E-state index contributed by atoms with van der Waals surface area (Å²) in [6.07, 6.45) is 5.28. The maximum absolute atomic E-state index is 13.1. The van der Waals surface area contributed by atoms with Crippen LogP contribution in [0.5, 0.6) is 0 Å². The molecule has 1 heterocycles. The normalized spacial score (nSPS) is 21.8. The second-order valence-corrected chi connectivity index (χ2v) is 4.85. The molecular formula is C14H19F2NO. The molecule has 0 aliphatic carbocycles. The second kappa shape index (κ2) is 6.25. The lowest BCUT2D eigenvalue weighted by Gasteiger charge is -2.23. The molecule has 1 aliphatic heterocycles. The zero-order chi connectivity index (χ0) is 13.0. The molecule has 100 valence electrons. The highest BCUT2D eigenvalue weighted by molar-refractivity contribution is 5.20. The van der Waals surface area contributed by atoms with Crippen LogP contribution in [0.4, 0.5) is 8.78 Å². The third-order valence-electron chi connectivity index (χ3n) is 3.45. The first-order chi connectivity index (χ1) is 8.66. The van der Waals surface area contributed by atoms with E-state index in [1.165, 1.54) is 12.5 Å². The summed E-state index contributed by atoms with van der Waals surface area (Å²) >= 11 is 0. The Morgan fingerprint density at radius 3 is 2.78 bits per heavy atom. The highest BCUT2D eigenvalue weighted by atomic mass is 19.2. The first-order valence-corrected chi connectivity index (χ1v) is 6.49. The molecule has 2 N–H and O–H groups in total. The molecule has 2 nitrogen and oxygen atoms in total. The molecule has 2 atom stereocenters. The van der Waals surface area contributed by atoms with Crippen LogP contribution >= 0.6 is 0 Å². The van der Waals surface area contributed by atoms with Crippen LogP contribution < -0.4 is 5.73 Å². The Morgan fingerprint density at radius 1 is 1.28 bits per heavy atom. The van der Waals surface area contributed by atoms with E-state index in [1.807, 2.05) is 0 Å². The SMILES string of the molecule is NC(CCC1CCCCO1)c1ccc(F)c(F)c1. The van der Waals surface area contributed by atoms with Crippen molar-refractivity contribution in [3.8, 4) is 0 Å². The number of hydrogen-bond acceptors (Lipinski definition) is 2. The van der Waals surface area contributed by atoms with E-state index in [9.17, 15) is 8.78 Å². The van der Waals surface area contributed by atoms with Crippen LogP contribution in [-0.4, -0.2) is 12.7 Å². The van der Waals surface area contributed by atoms with Crippen LogP contribution in [0.3, 0.4) is 0 Å². The molecular weight excluding hydrogens is 236 g/mol. The third kappa shape index (κ3) is 3.50.